The molecule has 0 aliphatic carbocycles. The molecule has 192 valence electrons. The number of hydrogen-bond donors (Lipinski definition) is 1. The molecule has 1 aromatic heterocycles. The fraction of sp³-hybridized carbons (Fsp3) is 0.250. The van der Waals surface area contributed by atoms with E-state index in [0.29, 0.717) is 16.7 Å². The van der Waals surface area contributed by atoms with E-state index in [9.17, 15) is 13.6 Å². The maximum atomic E-state index is 12.6. The normalized spacial score (nSPS) is 11.5. The molecule has 4 rings (SSSR count). The number of nitrogens with one attached hydrogen (secondary N) is 1. The molecule has 0 aliphatic heterocycles. The minimum absolute atomic E-state index is 0.0248. The van der Waals surface area contributed by atoms with Crippen molar-refractivity contribution in [2.45, 2.75) is 44.9 Å². The predicted molar refractivity (Wildman–Crippen MR) is 143 cm³/mol. The summed E-state index contributed by atoms with van der Waals surface area (Å²) in [4.78, 5) is 12.6. The van der Waals surface area contributed by atoms with Gasteiger partial charge in [-0.15, -0.1) is 10.2 Å². The number of alkyl halides is 2. The summed E-state index contributed by atoms with van der Waals surface area (Å²) in [5.74, 6) is 0.537. The second kappa shape index (κ2) is 11.1. The first-order chi connectivity index (χ1) is 17.6. The van der Waals surface area contributed by atoms with Crippen molar-refractivity contribution in [1.82, 2.24) is 14.8 Å². The summed E-state index contributed by atoms with van der Waals surface area (Å²) < 4.78 is 31.0. The Morgan fingerprint density at radius 2 is 1.68 bits per heavy atom. The first kappa shape index (κ1) is 26.3. The van der Waals surface area contributed by atoms with Gasteiger partial charge in [-0.05, 0) is 53.8 Å². The lowest BCUT2D eigenvalue weighted by Crippen LogP contribution is -2.14. The van der Waals surface area contributed by atoms with E-state index in [1.165, 1.54) is 41.6 Å². The van der Waals surface area contributed by atoms with Gasteiger partial charge in [0.25, 0.3) is 0 Å². The number of halogens is 2. The summed E-state index contributed by atoms with van der Waals surface area (Å²) in [6.45, 7) is 5.63. The summed E-state index contributed by atoms with van der Waals surface area (Å²) >= 11 is 1.27. The van der Waals surface area contributed by atoms with Crippen LogP contribution in [-0.2, 0) is 10.2 Å². The van der Waals surface area contributed by atoms with Crippen LogP contribution in [-0.4, -0.2) is 33.0 Å². The Morgan fingerprint density at radius 3 is 2.30 bits per heavy atom. The highest BCUT2D eigenvalue weighted by atomic mass is 32.2. The standard InChI is InChI=1S/C28H28F2N4O2S/c1-18-7-5-6-8-23(18)34-25(19-9-11-20(12-10-19)28(2,3)4)32-33-27(34)37-17-24(35)31-21-13-15-22(16-14-21)36-26(29)30/h5-16,26H,17H2,1-4H3,(H,31,35). The van der Waals surface area contributed by atoms with Gasteiger partial charge in [0.2, 0.25) is 5.91 Å². The topological polar surface area (TPSA) is 69.0 Å². The van der Waals surface area contributed by atoms with Crippen LogP contribution in [0.25, 0.3) is 17.1 Å². The molecule has 0 atom stereocenters. The third-order valence-electron chi connectivity index (χ3n) is 5.69. The number of carbonyl (C=O) groups is 1. The number of hydrogen-bond acceptors (Lipinski definition) is 5. The molecule has 3 aromatic carbocycles. The number of amides is 1. The second-order valence-electron chi connectivity index (χ2n) is 9.50. The molecule has 0 spiro atoms. The van der Waals surface area contributed by atoms with Gasteiger partial charge in [-0.2, -0.15) is 8.78 Å². The van der Waals surface area contributed by atoms with E-state index in [2.05, 4.69) is 53.2 Å². The minimum atomic E-state index is -2.90. The van der Waals surface area contributed by atoms with Gasteiger partial charge in [-0.3, -0.25) is 9.36 Å². The first-order valence-electron chi connectivity index (χ1n) is 11.7. The zero-order valence-electron chi connectivity index (χ0n) is 21.0. The molecule has 0 fully saturated rings. The van der Waals surface area contributed by atoms with Crippen molar-refractivity contribution in [2.75, 3.05) is 11.1 Å². The zero-order valence-corrected chi connectivity index (χ0v) is 21.9. The number of benzene rings is 3. The van der Waals surface area contributed by atoms with E-state index in [1.54, 1.807) is 0 Å². The van der Waals surface area contributed by atoms with Gasteiger partial charge >= 0.3 is 6.61 Å². The van der Waals surface area contributed by atoms with Crippen LogP contribution in [0.3, 0.4) is 0 Å². The number of para-hydroxylation sites is 1. The number of ether oxygens (including phenoxy) is 1. The molecule has 0 aliphatic rings. The van der Waals surface area contributed by atoms with Crippen LogP contribution in [0.1, 0.15) is 31.9 Å². The van der Waals surface area contributed by atoms with Crippen LogP contribution in [0.15, 0.2) is 78.0 Å². The molecule has 0 bridgehead atoms. The van der Waals surface area contributed by atoms with Crippen molar-refractivity contribution in [1.29, 1.82) is 0 Å². The Bertz CT molecular complexity index is 1360. The van der Waals surface area contributed by atoms with E-state index in [0.717, 1.165) is 16.8 Å². The Balaban J connectivity index is 1.55. The molecule has 1 N–H and O–H groups in total. The van der Waals surface area contributed by atoms with Crippen LogP contribution >= 0.6 is 11.8 Å². The molecule has 0 unspecified atom stereocenters. The Kier molecular flexibility index (Phi) is 7.92. The number of aromatic nitrogens is 3. The molecule has 4 aromatic rings. The van der Waals surface area contributed by atoms with Crippen molar-refractivity contribution in [3.63, 3.8) is 0 Å². The van der Waals surface area contributed by atoms with Gasteiger partial charge in [-0.1, -0.05) is 75.0 Å². The third-order valence-corrected chi connectivity index (χ3v) is 6.62. The van der Waals surface area contributed by atoms with E-state index < -0.39 is 6.61 Å². The average Bonchev–Trinajstić information content (AvgIpc) is 3.27. The van der Waals surface area contributed by atoms with E-state index >= 15 is 0 Å². The highest BCUT2D eigenvalue weighted by molar-refractivity contribution is 7.99. The maximum Gasteiger partial charge on any atom is 0.387 e. The molecular weight excluding hydrogens is 494 g/mol. The predicted octanol–water partition coefficient (Wildman–Crippen LogP) is 6.87. The molecule has 1 heterocycles. The summed E-state index contributed by atoms with van der Waals surface area (Å²) in [5, 5.41) is 12.2. The molecule has 6 nitrogen and oxygen atoms in total. The highest BCUT2D eigenvalue weighted by Crippen LogP contribution is 2.31. The van der Waals surface area contributed by atoms with E-state index in [1.807, 2.05) is 47.9 Å². The lowest BCUT2D eigenvalue weighted by molar-refractivity contribution is -0.113. The highest BCUT2D eigenvalue weighted by Gasteiger charge is 2.20. The molecular formula is C28H28F2N4O2S. The van der Waals surface area contributed by atoms with Gasteiger partial charge in [0.05, 0.1) is 11.4 Å². The van der Waals surface area contributed by atoms with E-state index in [-0.39, 0.29) is 22.8 Å². The molecule has 0 saturated carbocycles. The number of nitrogens with zero attached hydrogens (tertiary/aromatic N) is 3. The number of rotatable bonds is 8. The Hall–Kier alpha value is -3.72. The molecule has 37 heavy (non-hydrogen) atoms. The van der Waals surface area contributed by atoms with E-state index in [4.69, 9.17) is 0 Å². The van der Waals surface area contributed by atoms with Gasteiger partial charge in [0.1, 0.15) is 5.75 Å². The largest absolute Gasteiger partial charge is 0.435 e. The second-order valence-corrected chi connectivity index (χ2v) is 10.4. The maximum absolute atomic E-state index is 12.6. The monoisotopic (exact) mass is 522 g/mol. The van der Waals surface area contributed by atoms with Crippen molar-refractivity contribution in [3.8, 4) is 22.8 Å². The van der Waals surface area contributed by atoms with Gasteiger partial charge in [0, 0.05) is 11.3 Å². The smallest absolute Gasteiger partial charge is 0.387 e. The molecule has 0 radical (unpaired) electrons. The van der Waals surface area contributed by atoms with Crippen LogP contribution in [0.2, 0.25) is 0 Å². The summed E-state index contributed by atoms with van der Waals surface area (Å²) in [6.07, 6.45) is 0. The van der Waals surface area contributed by atoms with Crippen molar-refractivity contribution < 1.29 is 18.3 Å². The summed E-state index contributed by atoms with van der Waals surface area (Å²) in [5.41, 5.74) is 4.64. The molecule has 0 saturated heterocycles. The lowest BCUT2D eigenvalue weighted by Gasteiger charge is -2.19. The van der Waals surface area contributed by atoms with Crippen LogP contribution in [0.5, 0.6) is 5.75 Å². The molecule has 1 amide bonds. The van der Waals surface area contributed by atoms with Crippen molar-refractivity contribution >= 4 is 23.4 Å². The number of thioether (sulfide) groups is 1. The lowest BCUT2D eigenvalue weighted by atomic mass is 9.87. The number of anilines is 1. The minimum Gasteiger partial charge on any atom is -0.435 e. The summed E-state index contributed by atoms with van der Waals surface area (Å²) in [6, 6.07) is 22.0. The van der Waals surface area contributed by atoms with Crippen molar-refractivity contribution in [3.05, 3.63) is 83.9 Å². The van der Waals surface area contributed by atoms with Crippen molar-refractivity contribution in [2.24, 2.45) is 0 Å². The van der Waals surface area contributed by atoms with Gasteiger partial charge in [0.15, 0.2) is 11.0 Å². The van der Waals surface area contributed by atoms with Gasteiger partial charge in [-0.25, -0.2) is 0 Å². The number of carbonyl (C=O) groups excluding carboxylic acids is 1. The zero-order chi connectivity index (χ0) is 26.6. The van der Waals surface area contributed by atoms with Gasteiger partial charge < -0.3 is 10.1 Å². The van der Waals surface area contributed by atoms with Crippen LogP contribution < -0.4 is 10.1 Å². The average molecular weight is 523 g/mol. The summed E-state index contributed by atoms with van der Waals surface area (Å²) in [7, 11) is 0. The van der Waals surface area contributed by atoms with Crippen LogP contribution in [0, 0.1) is 6.92 Å². The first-order valence-corrected chi connectivity index (χ1v) is 12.7. The third kappa shape index (κ3) is 6.54. The fourth-order valence-electron chi connectivity index (χ4n) is 3.75. The Labute approximate surface area is 219 Å². The Morgan fingerprint density at radius 1 is 1.00 bits per heavy atom. The SMILES string of the molecule is Cc1ccccc1-n1c(SCC(=O)Nc2ccc(OC(F)F)cc2)nnc1-c1ccc(C(C)(C)C)cc1. The molecule has 9 heteroatoms. The van der Waals surface area contributed by atoms with Crippen LogP contribution in [0.4, 0.5) is 14.5 Å². The quantitative estimate of drug-likeness (QED) is 0.256. The number of aryl methyl sites for hydroxylation is 1. The fourth-order valence-corrected chi connectivity index (χ4v) is 4.49.